The molecule has 0 unspecified atom stereocenters. The fraction of sp³-hybridized carbons (Fsp3) is 0.200. The Balaban J connectivity index is 1.56. The van der Waals surface area contributed by atoms with Gasteiger partial charge in [0.1, 0.15) is 12.0 Å². The number of aromatic nitrogens is 5. The zero-order valence-electron chi connectivity index (χ0n) is 15.7. The molecule has 3 aromatic heterocycles. The standard InChI is InChI=1S/C20H15F3N6O/c1-12-9-28(15-4-2-14(3-5-15)20(21,22)23)19(30)18-16(7-26-29(12)18)13-6-25-17-8-24-11-27(17)10-13/h2-8,10-12H,9H2,1H3/t12-/m0/s1. The van der Waals surface area contributed by atoms with Crippen molar-refractivity contribution in [3.8, 4) is 11.1 Å². The molecule has 1 aromatic carbocycles. The van der Waals surface area contributed by atoms with Crippen LogP contribution in [0.15, 0.2) is 55.4 Å². The SMILES string of the molecule is C[C@H]1CN(c2ccc(C(F)(F)F)cc2)C(=O)c2c(-c3cnc4cncn4c3)cnn21. The lowest BCUT2D eigenvalue weighted by atomic mass is 10.1. The van der Waals surface area contributed by atoms with Crippen molar-refractivity contribution in [2.24, 2.45) is 0 Å². The summed E-state index contributed by atoms with van der Waals surface area (Å²) in [4.78, 5) is 23.2. The van der Waals surface area contributed by atoms with Crippen LogP contribution in [0.3, 0.4) is 0 Å². The lowest BCUT2D eigenvalue weighted by Crippen LogP contribution is -2.42. The average Bonchev–Trinajstić information content (AvgIpc) is 3.37. The molecular formula is C20H15F3N6O. The molecule has 7 nitrogen and oxygen atoms in total. The van der Waals surface area contributed by atoms with Crippen molar-refractivity contribution in [2.45, 2.75) is 19.1 Å². The molecule has 0 bridgehead atoms. The van der Waals surface area contributed by atoms with Crippen LogP contribution in [-0.2, 0) is 6.18 Å². The third-order valence-electron chi connectivity index (χ3n) is 5.18. The second-order valence-electron chi connectivity index (χ2n) is 7.16. The molecule has 0 saturated carbocycles. The summed E-state index contributed by atoms with van der Waals surface area (Å²) in [5, 5.41) is 4.37. The Morgan fingerprint density at radius 3 is 2.60 bits per heavy atom. The Morgan fingerprint density at radius 1 is 1.10 bits per heavy atom. The van der Waals surface area contributed by atoms with Gasteiger partial charge in [-0.2, -0.15) is 18.3 Å². The maximum Gasteiger partial charge on any atom is 0.416 e. The first-order chi connectivity index (χ1) is 14.3. The molecule has 4 aromatic rings. The molecule has 1 aliphatic heterocycles. The summed E-state index contributed by atoms with van der Waals surface area (Å²) in [5.41, 5.74) is 1.99. The maximum absolute atomic E-state index is 13.3. The topological polar surface area (TPSA) is 68.3 Å². The predicted molar refractivity (Wildman–Crippen MR) is 102 cm³/mol. The number of carbonyl (C=O) groups is 1. The minimum atomic E-state index is -4.43. The molecule has 0 saturated heterocycles. The Labute approximate surface area is 168 Å². The van der Waals surface area contributed by atoms with E-state index in [0.29, 0.717) is 34.7 Å². The highest BCUT2D eigenvalue weighted by molar-refractivity contribution is 6.09. The lowest BCUT2D eigenvalue weighted by molar-refractivity contribution is -0.137. The van der Waals surface area contributed by atoms with Crippen LogP contribution in [0.25, 0.3) is 16.8 Å². The van der Waals surface area contributed by atoms with Gasteiger partial charge in [-0.3, -0.25) is 13.9 Å². The Hall–Kier alpha value is -3.69. The normalized spacial score (nSPS) is 16.9. The summed E-state index contributed by atoms with van der Waals surface area (Å²) >= 11 is 0. The number of alkyl halides is 3. The number of hydrogen-bond acceptors (Lipinski definition) is 4. The zero-order valence-corrected chi connectivity index (χ0v) is 15.7. The van der Waals surface area contributed by atoms with E-state index < -0.39 is 11.7 Å². The van der Waals surface area contributed by atoms with Crippen LogP contribution in [0, 0.1) is 0 Å². The van der Waals surface area contributed by atoms with E-state index in [-0.39, 0.29) is 11.9 Å². The average molecular weight is 412 g/mol. The van der Waals surface area contributed by atoms with E-state index in [9.17, 15) is 18.0 Å². The van der Waals surface area contributed by atoms with Gasteiger partial charge in [-0.15, -0.1) is 0 Å². The van der Waals surface area contributed by atoms with Gasteiger partial charge in [0.25, 0.3) is 5.91 Å². The number of halogens is 3. The first-order valence-electron chi connectivity index (χ1n) is 9.17. The van der Waals surface area contributed by atoms with Crippen LogP contribution in [0.4, 0.5) is 18.9 Å². The van der Waals surface area contributed by atoms with Crippen molar-refractivity contribution in [3.63, 3.8) is 0 Å². The van der Waals surface area contributed by atoms with Gasteiger partial charge in [0.2, 0.25) is 0 Å². The van der Waals surface area contributed by atoms with Crippen molar-refractivity contribution in [3.05, 3.63) is 66.6 Å². The van der Waals surface area contributed by atoms with E-state index in [1.54, 1.807) is 34.0 Å². The monoisotopic (exact) mass is 412 g/mol. The fourth-order valence-electron chi connectivity index (χ4n) is 3.68. The van der Waals surface area contributed by atoms with Crippen LogP contribution >= 0.6 is 0 Å². The first kappa shape index (κ1) is 18.3. The second kappa shape index (κ2) is 6.41. The maximum atomic E-state index is 13.3. The molecule has 0 spiro atoms. The Bertz CT molecular complexity index is 1260. The van der Waals surface area contributed by atoms with Gasteiger partial charge in [-0.05, 0) is 31.2 Å². The largest absolute Gasteiger partial charge is 0.416 e. The summed E-state index contributed by atoms with van der Waals surface area (Å²) < 4.78 is 42.0. The van der Waals surface area contributed by atoms with E-state index in [4.69, 9.17) is 0 Å². The summed E-state index contributed by atoms with van der Waals surface area (Å²) in [6.45, 7) is 2.21. The lowest BCUT2D eigenvalue weighted by Gasteiger charge is -2.32. The number of benzene rings is 1. The molecule has 152 valence electrons. The molecular weight excluding hydrogens is 397 g/mol. The molecule has 0 N–H and O–H groups in total. The van der Waals surface area contributed by atoms with Crippen molar-refractivity contribution in [2.75, 3.05) is 11.4 Å². The van der Waals surface area contributed by atoms with Gasteiger partial charge in [-0.25, -0.2) is 9.97 Å². The second-order valence-corrected chi connectivity index (χ2v) is 7.16. The number of nitrogens with zero attached hydrogens (tertiary/aromatic N) is 6. The third kappa shape index (κ3) is 2.83. The number of imidazole rings is 1. The highest BCUT2D eigenvalue weighted by atomic mass is 19.4. The van der Waals surface area contributed by atoms with Gasteiger partial charge >= 0.3 is 6.18 Å². The number of rotatable bonds is 2. The summed E-state index contributed by atoms with van der Waals surface area (Å²) in [6, 6.07) is 4.45. The van der Waals surface area contributed by atoms with Crippen LogP contribution in [0.2, 0.25) is 0 Å². The van der Waals surface area contributed by atoms with Crippen LogP contribution in [0.5, 0.6) is 0 Å². The van der Waals surface area contributed by atoms with Gasteiger partial charge in [0, 0.05) is 35.8 Å². The van der Waals surface area contributed by atoms with E-state index in [1.165, 1.54) is 17.0 Å². The third-order valence-corrected chi connectivity index (χ3v) is 5.18. The van der Waals surface area contributed by atoms with Gasteiger partial charge in [0.05, 0.1) is 24.0 Å². The van der Waals surface area contributed by atoms with Gasteiger partial charge in [-0.1, -0.05) is 0 Å². The molecule has 4 heterocycles. The van der Waals surface area contributed by atoms with E-state index in [1.807, 2.05) is 13.1 Å². The van der Waals surface area contributed by atoms with Gasteiger partial charge < -0.3 is 4.90 Å². The molecule has 1 atom stereocenters. The summed E-state index contributed by atoms with van der Waals surface area (Å²) in [7, 11) is 0. The Morgan fingerprint density at radius 2 is 1.87 bits per heavy atom. The van der Waals surface area contributed by atoms with Crippen LogP contribution in [0.1, 0.15) is 29.0 Å². The predicted octanol–water partition coefficient (Wildman–Crippen LogP) is 3.83. The van der Waals surface area contributed by atoms with Crippen LogP contribution < -0.4 is 4.90 Å². The number of amides is 1. The number of fused-ring (bicyclic) bond motifs is 2. The molecule has 5 rings (SSSR count). The number of hydrogen-bond donors (Lipinski definition) is 0. The molecule has 30 heavy (non-hydrogen) atoms. The molecule has 0 fully saturated rings. The van der Waals surface area contributed by atoms with Gasteiger partial charge in [0.15, 0.2) is 5.65 Å². The quantitative estimate of drug-likeness (QED) is 0.502. The van der Waals surface area contributed by atoms with E-state index in [0.717, 1.165) is 12.1 Å². The molecule has 0 aliphatic carbocycles. The van der Waals surface area contributed by atoms with Crippen LogP contribution in [-0.4, -0.2) is 36.6 Å². The fourth-order valence-corrected chi connectivity index (χ4v) is 3.68. The Kier molecular flexibility index (Phi) is 3.92. The van der Waals surface area contributed by atoms with Crippen molar-refractivity contribution in [1.82, 2.24) is 24.1 Å². The van der Waals surface area contributed by atoms with E-state index >= 15 is 0 Å². The molecule has 10 heteroatoms. The number of anilines is 1. The molecule has 1 aliphatic rings. The first-order valence-corrected chi connectivity index (χ1v) is 9.17. The van der Waals surface area contributed by atoms with Crippen molar-refractivity contribution >= 4 is 17.2 Å². The number of carbonyl (C=O) groups excluding carboxylic acids is 1. The minimum Gasteiger partial charge on any atom is -0.305 e. The molecule has 1 amide bonds. The summed E-state index contributed by atoms with van der Waals surface area (Å²) in [6.07, 6.45) is 3.87. The minimum absolute atomic E-state index is 0.154. The zero-order chi connectivity index (χ0) is 21.0. The highest BCUT2D eigenvalue weighted by Crippen LogP contribution is 2.34. The van der Waals surface area contributed by atoms with E-state index in [2.05, 4.69) is 15.1 Å². The molecule has 0 radical (unpaired) electrons. The smallest absolute Gasteiger partial charge is 0.305 e. The highest BCUT2D eigenvalue weighted by Gasteiger charge is 2.35. The summed E-state index contributed by atoms with van der Waals surface area (Å²) in [5.74, 6) is -0.328. The van der Waals surface area contributed by atoms with Crippen molar-refractivity contribution in [1.29, 1.82) is 0 Å². The van der Waals surface area contributed by atoms with Crippen molar-refractivity contribution < 1.29 is 18.0 Å².